The molecule has 0 saturated heterocycles. The molecule has 0 atom stereocenters. The highest BCUT2D eigenvalue weighted by atomic mass is 32.1. The molecule has 252 valence electrons. The Morgan fingerprint density at radius 1 is 0.389 bits per heavy atom. The predicted molar refractivity (Wildman–Crippen MR) is 229 cm³/mol. The molecule has 4 heteroatoms. The molecule has 0 amide bonds. The van der Waals surface area contributed by atoms with E-state index in [0.29, 0.717) is 0 Å². The first-order valence-corrected chi connectivity index (χ1v) is 19.1. The average molecular weight is 706 g/mol. The van der Waals surface area contributed by atoms with Crippen LogP contribution in [0.2, 0.25) is 0 Å². The van der Waals surface area contributed by atoms with Crippen molar-refractivity contribution in [2.24, 2.45) is 0 Å². The molecule has 11 rings (SSSR count). The van der Waals surface area contributed by atoms with Crippen LogP contribution < -0.4 is 0 Å². The minimum atomic E-state index is 0.736. The molecule has 0 aliphatic carbocycles. The van der Waals surface area contributed by atoms with Crippen LogP contribution in [0, 0.1) is 0 Å². The summed E-state index contributed by atoms with van der Waals surface area (Å²) < 4.78 is 4.70. The largest absolute Gasteiger partial charge is 0.309 e. The number of rotatable bonds is 5. The minimum Gasteiger partial charge on any atom is -0.309 e. The number of hydrogen-bond donors (Lipinski definition) is 0. The van der Waals surface area contributed by atoms with Crippen LogP contribution in [0.5, 0.6) is 0 Å². The number of thiophene rings is 1. The van der Waals surface area contributed by atoms with Gasteiger partial charge in [-0.1, -0.05) is 158 Å². The summed E-state index contributed by atoms with van der Waals surface area (Å²) in [6.45, 7) is 0. The molecule has 3 nitrogen and oxygen atoms in total. The molecule has 11 aromatic rings. The lowest BCUT2D eigenvalue weighted by molar-refractivity contribution is 1.19. The molecule has 0 aliphatic heterocycles. The van der Waals surface area contributed by atoms with Gasteiger partial charge in [-0.3, -0.25) is 0 Å². The molecule has 54 heavy (non-hydrogen) atoms. The standard InChI is InChI=1S/C50H31N3S/c1-3-12-32(13-4-1)33-22-24-34(25-23-33)46-49-47(52-50(51-46)35-14-5-2-6-15-35)43-19-11-18-40(48(43)54-49)38-27-26-37-31-39(29-28-36(37)30-38)53-44-20-9-7-16-41(44)42-17-8-10-21-45(42)53/h1-31H. The Kier molecular flexibility index (Phi) is 7.04. The molecular weight excluding hydrogens is 675 g/mol. The summed E-state index contributed by atoms with van der Waals surface area (Å²) in [7, 11) is 0. The third-order valence-electron chi connectivity index (χ3n) is 10.6. The van der Waals surface area contributed by atoms with Gasteiger partial charge in [0, 0.05) is 37.7 Å². The SMILES string of the molecule is c1ccc(-c2ccc(-c3nc(-c4ccccc4)nc4c3sc3c(-c5ccc6cc(-n7c8ccccc8c8ccccc87)ccc6c5)cccc34)cc2)cc1. The van der Waals surface area contributed by atoms with Crippen molar-refractivity contribution in [3.8, 4) is 50.6 Å². The van der Waals surface area contributed by atoms with Gasteiger partial charge in [0.15, 0.2) is 5.82 Å². The molecule has 0 N–H and O–H groups in total. The summed E-state index contributed by atoms with van der Waals surface area (Å²) in [5.41, 5.74) is 12.4. The van der Waals surface area contributed by atoms with Crippen LogP contribution >= 0.6 is 11.3 Å². The first-order chi connectivity index (χ1) is 26.8. The zero-order valence-electron chi connectivity index (χ0n) is 29.1. The lowest BCUT2D eigenvalue weighted by Gasteiger charge is -2.11. The van der Waals surface area contributed by atoms with Crippen LogP contribution in [0.25, 0.3) is 103 Å². The maximum Gasteiger partial charge on any atom is 0.160 e. The van der Waals surface area contributed by atoms with Gasteiger partial charge in [-0.25, -0.2) is 9.97 Å². The van der Waals surface area contributed by atoms with E-state index >= 15 is 0 Å². The fourth-order valence-electron chi connectivity index (χ4n) is 8.00. The zero-order chi connectivity index (χ0) is 35.6. The molecule has 0 unspecified atom stereocenters. The predicted octanol–water partition coefficient (Wildman–Crippen LogP) is 13.8. The number of benzene rings is 8. The molecule has 3 aromatic heterocycles. The number of fused-ring (bicyclic) bond motifs is 7. The van der Waals surface area contributed by atoms with Crippen LogP contribution in [0.4, 0.5) is 0 Å². The van der Waals surface area contributed by atoms with Crippen LogP contribution in [0.3, 0.4) is 0 Å². The fourth-order valence-corrected chi connectivity index (χ4v) is 9.28. The van der Waals surface area contributed by atoms with Gasteiger partial charge < -0.3 is 4.57 Å². The molecule has 3 heterocycles. The highest BCUT2D eigenvalue weighted by molar-refractivity contribution is 7.26. The van der Waals surface area contributed by atoms with Gasteiger partial charge in [-0.15, -0.1) is 11.3 Å². The molecule has 0 saturated carbocycles. The van der Waals surface area contributed by atoms with Crippen molar-refractivity contribution in [3.05, 3.63) is 188 Å². The van der Waals surface area contributed by atoms with E-state index in [0.717, 1.165) is 43.9 Å². The van der Waals surface area contributed by atoms with Crippen molar-refractivity contribution in [3.63, 3.8) is 0 Å². The Labute approximate surface area is 316 Å². The van der Waals surface area contributed by atoms with Crippen molar-refractivity contribution >= 4 is 64.2 Å². The monoisotopic (exact) mass is 705 g/mol. The number of nitrogens with zero attached hydrogens (tertiary/aromatic N) is 3. The Morgan fingerprint density at radius 3 is 1.70 bits per heavy atom. The van der Waals surface area contributed by atoms with E-state index in [4.69, 9.17) is 9.97 Å². The molecule has 8 aromatic carbocycles. The van der Waals surface area contributed by atoms with Crippen molar-refractivity contribution in [1.82, 2.24) is 14.5 Å². The summed E-state index contributed by atoms with van der Waals surface area (Å²) in [6.07, 6.45) is 0. The van der Waals surface area contributed by atoms with Crippen LogP contribution in [0.15, 0.2) is 188 Å². The van der Waals surface area contributed by atoms with E-state index in [2.05, 4.69) is 174 Å². The molecular formula is C50H31N3S. The third kappa shape index (κ3) is 4.96. The smallest absolute Gasteiger partial charge is 0.160 e. The summed E-state index contributed by atoms with van der Waals surface area (Å²) in [5, 5.41) is 6.11. The van der Waals surface area contributed by atoms with Crippen LogP contribution in [-0.4, -0.2) is 14.5 Å². The van der Waals surface area contributed by atoms with Crippen LogP contribution in [-0.2, 0) is 0 Å². The minimum absolute atomic E-state index is 0.736. The summed E-state index contributed by atoms with van der Waals surface area (Å²) in [6, 6.07) is 67.3. The van der Waals surface area contributed by atoms with Crippen molar-refractivity contribution < 1.29 is 0 Å². The molecule has 0 fully saturated rings. The molecule has 0 aliphatic rings. The van der Waals surface area contributed by atoms with Gasteiger partial charge >= 0.3 is 0 Å². The highest BCUT2D eigenvalue weighted by Gasteiger charge is 2.19. The van der Waals surface area contributed by atoms with E-state index in [1.807, 2.05) is 18.2 Å². The third-order valence-corrected chi connectivity index (χ3v) is 11.8. The topological polar surface area (TPSA) is 30.7 Å². The van der Waals surface area contributed by atoms with Gasteiger partial charge in [0.1, 0.15) is 0 Å². The Bertz CT molecular complexity index is 3140. The molecule has 0 radical (unpaired) electrons. The first-order valence-electron chi connectivity index (χ1n) is 18.2. The van der Waals surface area contributed by atoms with Gasteiger partial charge in [0.2, 0.25) is 0 Å². The Balaban J connectivity index is 1.05. The Hall–Kier alpha value is -6.88. The lowest BCUT2D eigenvalue weighted by Crippen LogP contribution is -1.93. The Morgan fingerprint density at radius 2 is 0.963 bits per heavy atom. The second kappa shape index (κ2) is 12.4. The van der Waals surface area contributed by atoms with Gasteiger partial charge in [-0.2, -0.15) is 0 Å². The molecule has 0 spiro atoms. The van der Waals surface area contributed by atoms with E-state index in [1.54, 1.807) is 11.3 Å². The first kappa shape index (κ1) is 30.7. The van der Waals surface area contributed by atoms with Crippen LogP contribution in [0.1, 0.15) is 0 Å². The van der Waals surface area contributed by atoms with E-state index in [-0.39, 0.29) is 0 Å². The normalized spacial score (nSPS) is 11.7. The summed E-state index contributed by atoms with van der Waals surface area (Å²) >= 11 is 1.79. The summed E-state index contributed by atoms with van der Waals surface area (Å²) in [5.74, 6) is 0.736. The maximum atomic E-state index is 5.25. The number of aromatic nitrogens is 3. The lowest BCUT2D eigenvalue weighted by atomic mass is 9.99. The quantitative estimate of drug-likeness (QED) is 0.178. The second-order valence-corrected chi connectivity index (χ2v) is 14.8. The summed E-state index contributed by atoms with van der Waals surface area (Å²) in [4.78, 5) is 10.5. The molecule has 0 bridgehead atoms. The second-order valence-electron chi connectivity index (χ2n) is 13.8. The van der Waals surface area contributed by atoms with E-state index < -0.39 is 0 Å². The number of para-hydroxylation sites is 2. The van der Waals surface area contributed by atoms with Crippen molar-refractivity contribution in [2.75, 3.05) is 0 Å². The van der Waals surface area contributed by atoms with Crippen molar-refractivity contribution in [2.45, 2.75) is 0 Å². The highest BCUT2D eigenvalue weighted by Crippen LogP contribution is 2.44. The average Bonchev–Trinajstić information content (AvgIpc) is 3.80. The number of hydrogen-bond acceptors (Lipinski definition) is 3. The zero-order valence-corrected chi connectivity index (χ0v) is 30.0. The maximum absolute atomic E-state index is 5.25. The van der Waals surface area contributed by atoms with Gasteiger partial charge in [-0.05, 0) is 63.4 Å². The van der Waals surface area contributed by atoms with E-state index in [1.165, 1.54) is 59.5 Å². The van der Waals surface area contributed by atoms with Gasteiger partial charge in [0.25, 0.3) is 0 Å². The fraction of sp³-hybridized carbons (Fsp3) is 0. The van der Waals surface area contributed by atoms with Gasteiger partial charge in [0.05, 0.1) is 26.9 Å². The van der Waals surface area contributed by atoms with Crippen molar-refractivity contribution in [1.29, 1.82) is 0 Å². The van der Waals surface area contributed by atoms with E-state index in [9.17, 15) is 0 Å².